The summed E-state index contributed by atoms with van der Waals surface area (Å²) in [5.74, 6) is 0.162. The summed E-state index contributed by atoms with van der Waals surface area (Å²) in [6, 6.07) is 0.186. The molecule has 2 heterocycles. The van der Waals surface area contributed by atoms with E-state index in [2.05, 4.69) is 18.0 Å². The number of carbonyl (C=O) groups is 1. The van der Waals surface area contributed by atoms with Crippen LogP contribution in [0.1, 0.15) is 27.2 Å². The lowest BCUT2D eigenvalue weighted by atomic mass is 9.53. The van der Waals surface area contributed by atoms with Gasteiger partial charge in [-0.2, -0.15) is 0 Å². The predicted molar refractivity (Wildman–Crippen MR) is 87.1 cm³/mol. The minimum atomic E-state index is -0.539. The minimum Gasteiger partial charge on any atom is -0.504 e. The Morgan fingerprint density at radius 2 is 2.42 bits per heavy atom. The van der Waals surface area contributed by atoms with Gasteiger partial charge >= 0.3 is 5.97 Å². The third-order valence-electron chi connectivity index (χ3n) is 6.26. The molecule has 0 unspecified atom stereocenters. The molecule has 126 valence electrons. The fourth-order valence-corrected chi connectivity index (χ4v) is 5.34. The van der Waals surface area contributed by atoms with Crippen LogP contribution in [0.4, 0.5) is 0 Å². The number of piperidine rings is 1. The molecule has 2 bridgehead atoms. The molecule has 1 aromatic rings. The summed E-state index contributed by atoms with van der Waals surface area (Å²) in [7, 11) is 2.09. The summed E-state index contributed by atoms with van der Waals surface area (Å²) in [5.41, 5.74) is 1.28. The Hall–Kier alpha value is -2.01. The molecule has 0 amide bonds. The Bertz CT molecular complexity index is 888. The lowest BCUT2D eigenvalue weighted by Crippen LogP contribution is -2.65. The number of carbonyl (C=O) groups excluding carboxylic acids is 1. The molecule has 1 N–H and O–H groups in total. The van der Waals surface area contributed by atoms with Crippen LogP contribution in [0.3, 0.4) is 0 Å². The van der Waals surface area contributed by atoms with Crippen molar-refractivity contribution in [2.75, 3.05) is 13.6 Å². The predicted octanol–water partition coefficient (Wildman–Crippen LogP) is 1.77. The van der Waals surface area contributed by atoms with Gasteiger partial charge in [-0.25, -0.2) is 0 Å². The van der Waals surface area contributed by atoms with Gasteiger partial charge in [-0.05, 0) is 44.1 Å². The van der Waals surface area contributed by atoms with Crippen LogP contribution in [0.5, 0.6) is 11.5 Å². The van der Waals surface area contributed by atoms with Gasteiger partial charge in [0, 0.05) is 29.9 Å². The second-order valence-electron chi connectivity index (χ2n) is 7.33. The van der Waals surface area contributed by atoms with E-state index in [1.807, 2.05) is 6.08 Å². The van der Waals surface area contributed by atoms with Crippen molar-refractivity contribution >= 4 is 5.97 Å². The summed E-state index contributed by atoms with van der Waals surface area (Å²) in [6.07, 6.45) is 4.52. The summed E-state index contributed by atoms with van der Waals surface area (Å²) in [6.45, 7) is 2.25. The molecule has 1 spiro atoms. The highest BCUT2D eigenvalue weighted by atomic mass is 16.6. The zero-order chi connectivity index (χ0) is 19.1. The van der Waals surface area contributed by atoms with Crippen LogP contribution < -0.4 is 4.74 Å². The summed E-state index contributed by atoms with van der Waals surface area (Å²) < 4.78 is 36.1. The number of nitrogens with zero attached hydrogens (tertiary/aromatic N) is 1. The Morgan fingerprint density at radius 1 is 1.54 bits per heavy atom. The molecule has 5 nitrogen and oxygen atoms in total. The zero-order valence-electron chi connectivity index (χ0n) is 16.7. The van der Waals surface area contributed by atoms with Gasteiger partial charge in [-0.3, -0.25) is 4.79 Å². The van der Waals surface area contributed by atoms with Crippen molar-refractivity contribution in [3.8, 4) is 11.5 Å². The van der Waals surface area contributed by atoms with Crippen LogP contribution in [0, 0.1) is 5.92 Å². The van der Waals surface area contributed by atoms with Gasteiger partial charge in [0.1, 0.15) is 6.10 Å². The van der Waals surface area contributed by atoms with Crippen LogP contribution in [0.15, 0.2) is 24.2 Å². The number of phenolic OH excluding ortho intramolecular Hbond substituents is 1. The molecule has 0 radical (unpaired) electrons. The molecule has 0 aromatic heterocycles. The fourth-order valence-electron chi connectivity index (χ4n) is 5.34. The summed E-state index contributed by atoms with van der Waals surface area (Å²) in [5, 5.41) is 4.74. The van der Waals surface area contributed by atoms with Gasteiger partial charge < -0.3 is 19.5 Å². The van der Waals surface area contributed by atoms with Crippen LogP contribution in [-0.2, 0) is 21.4 Å². The molecule has 5 heteroatoms. The van der Waals surface area contributed by atoms with Crippen molar-refractivity contribution in [3.05, 3.63) is 35.4 Å². The second-order valence-corrected chi connectivity index (χ2v) is 7.33. The number of esters is 1. The van der Waals surface area contributed by atoms with Crippen molar-refractivity contribution < 1.29 is 22.1 Å². The van der Waals surface area contributed by atoms with E-state index in [1.165, 1.54) is 6.92 Å². The summed E-state index contributed by atoms with van der Waals surface area (Å²) >= 11 is 0. The quantitative estimate of drug-likeness (QED) is 0.661. The largest absolute Gasteiger partial charge is 0.504 e. The fraction of sp³-hybridized carbons (Fsp3) is 0.526. The van der Waals surface area contributed by atoms with E-state index in [4.69, 9.17) is 18.8 Å². The molecule has 5 rings (SSSR count). The SMILES string of the molecule is [2H]Oc1c([2H])c([2H])c2c3c1O[C@H]1[C@@H](OC(C)=O)C=C[C@H]4[C@@H](C2)N(C)CC[C@@]341. The van der Waals surface area contributed by atoms with E-state index in [1.54, 1.807) is 0 Å². The number of likely N-dealkylation sites (tertiary alicyclic amines) is 1. The summed E-state index contributed by atoms with van der Waals surface area (Å²) in [4.78, 5) is 14.0. The van der Waals surface area contributed by atoms with Crippen molar-refractivity contribution in [3.63, 3.8) is 0 Å². The molecule has 1 saturated heterocycles. The zero-order valence-corrected chi connectivity index (χ0v) is 13.7. The van der Waals surface area contributed by atoms with E-state index in [9.17, 15) is 4.79 Å². The first-order chi connectivity index (χ1) is 12.9. The van der Waals surface area contributed by atoms with Gasteiger partial charge in [0.25, 0.3) is 1.43 Å². The van der Waals surface area contributed by atoms with Gasteiger partial charge in [0.2, 0.25) is 0 Å². The van der Waals surface area contributed by atoms with E-state index in [0.29, 0.717) is 12.2 Å². The normalized spacial score (nSPS) is 40.0. The molecular formula is C19H21NO4. The maximum Gasteiger partial charge on any atom is 0.303 e. The van der Waals surface area contributed by atoms with E-state index in [0.717, 1.165) is 24.1 Å². The first-order valence-electron chi connectivity index (χ1n) is 9.83. The lowest BCUT2D eigenvalue weighted by Gasteiger charge is -2.56. The van der Waals surface area contributed by atoms with Crippen LogP contribution in [0.2, 0.25) is 0 Å². The molecule has 1 fully saturated rings. The van der Waals surface area contributed by atoms with Crippen LogP contribution in [0.25, 0.3) is 0 Å². The average molecular weight is 330 g/mol. The molecule has 2 aliphatic carbocycles. The van der Waals surface area contributed by atoms with Crippen LogP contribution in [-0.4, -0.2) is 49.3 Å². The molecule has 5 atom stereocenters. The minimum absolute atomic E-state index is 0.0137. The maximum absolute atomic E-state index is 11.7. The molecule has 4 aliphatic rings. The molecule has 24 heavy (non-hydrogen) atoms. The number of likely N-dealkylation sites (N-methyl/N-ethyl adjacent to an activating group) is 1. The number of benzene rings is 1. The Balaban J connectivity index is 1.80. The van der Waals surface area contributed by atoms with Crippen molar-refractivity contribution in [2.45, 2.75) is 43.4 Å². The average Bonchev–Trinajstić information content (AvgIpc) is 2.96. The van der Waals surface area contributed by atoms with Gasteiger partial charge in [0.15, 0.2) is 17.6 Å². The first-order valence-corrected chi connectivity index (χ1v) is 8.42. The highest BCUT2D eigenvalue weighted by Gasteiger charge is 2.64. The highest BCUT2D eigenvalue weighted by Crippen LogP contribution is 2.62. The number of hydrogen-bond donors (Lipinski definition) is 1. The Labute approximate surface area is 145 Å². The molecule has 1 aromatic carbocycles. The van der Waals surface area contributed by atoms with Gasteiger partial charge in [-0.1, -0.05) is 12.1 Å². The molecule has 2 aliphatic heterocycles. The van der Waals surface area contributed by atoms with Gasteiger partial charge in [-0.15, -0.1) is 0 Å². The Morgan fingerprint density at radius 3 is 3.21 bits per heavy atom. The van der Waals surface area contributed by atoms with E-state index < -0.39 is 17.6 Å². The van der Waals surface area contributed by atoms with Crippen molar-refractivity contribution in [1.82, 2.24) is 4.90 Å². The topological polar surface area (TPSA) is 59.0 Å². The number of rotatable bonds is 2. The number of ether oxygens (including phenoxy) is 2. The third kappa shape index (κ3) is 1.56. The monoisotopic (exact) mass is 330 g/mol. The third-order valence-corrected chi connectivity index (χ3v) is 6.26. The van der Waals surface area contributed by atoms with E-state index in [-0.39, 0.29) is 35.8 Å². The van der Waals surface area contributed by atoms with Crippen molar-refractivity contribution in [1.29, 1.82) is 1.43 Å². The standard InChI is InChI=1S/C19H21NO4/c1-10(21)23-15-6-4-12-13-9-11-3-5-14(22)17-16(11)19(12,18(15)24-17)7-8-20(13)2/h3-6,12-13,15,18,22H,7-9H2,1-2H3/t12-,13+,15-,18-,19-/m0/s1/i3D,5D/hD. The van der Waals surface area contributed by atoms with Gasteiger partial charge in [0.05, 0.1) is 2.74 Å². The Kier molecular flexibility index (Phi) is 2.18. The smallest absolute Gasteiger partial charge is 0.303 e. The van der Waals surface area contributed by atoms with Crippen molar-refractivity contribution in [2.24, 2.45) is 5.92 Å². The molecular weight excluding hydrogens is 306 g/mol. The second kappa shape index (κ2) is 4.54. The molecule has 0 saturated carbocycles. The number of aromatic hydroxyl groups is 1. The highest BCUT2D eigenvalue weighted by molar-refractivity contribution is 5.67. The lowest BCUT2D eigenvalue weighted by molar-refractivity contribution is -0.152. The van der Waals surface area contributed by atoms with E-state index >= 15 is 0 Å². The number of phenols is 1. The van der Waals surface area contributed by atoms with Crippen LogP contribution >= 0.6 is 0 Å². The number of hydrogen-bond acceptors (Lipinski definition) is 5. The maximum atomic E-state index is 11.7. The first kappa shape index (κ1) is 11.5.